The van der Waals surface area contributed by atoms with E-state index in [1.54, 1.807) is 6.33 Å². The van der Waals surface area contributed by atoms with Gasteiger partial charge in [0.2, 0.25) is 0 Å². The lowest BCUT2D eigenvalue weighted by molar-refractivity contribution is 0.863. The Morgan fingerprint density at radius 1 is 1.44 bits per heavy atom. The van der Waals surface area contributed by atoms with Crippen LogP contribution in [0, 0.1) is 0 Å². The fraction of sp³-hybridized carbons (Fsp3) is 0.375. The van der Waals surface area contributed by atoms with Gasteiger partial charge in [-0.05, 0) is 12.0 Å². The molecule has 0 saturated carbocycles. The van der Waals surface area contributed by atoms with Gasteiger partial charge in [-0.25, -0.2) is 15.0 Å². The smallest absolute Gasteiger partial charge is 0.182 e. The second kappa shape index (κ2) is 4.94. The Hall–Kier alpha value is -2.34. The fourth-order valence-corrected chi connectivity index (χ4v) is 1.30. The molecule has 0 fully saturated rings. The number of azide groups is 1. The van der Waals surface area contributed by atoms with E-state index in [2.05, 4.69) is 35.3 Å². The highest BCUT2D eigenvalue weighted by Crippen LogP contribution is 2.13. The summed E-state index contributed by atoms with van der Waals surface area (Å²) in [7, 11) is 0. The van der Waals surface area contributed by atoms with Gasteiger partial charge in [0, 0.05) is 18.0 Å². The predicted octanol–water partition coefficient (Wildman–Crippen LogP) is 1.47. The summed E-state index contributed by atoms with van der Waals surface area (Å²) in [6.07, 6.45) is 3.78. The lowest BCUT2D eigenvalue weighted by Gasteiger charge is -2.03. The Bertz CT molecular complexity index is 511. The molecule has 0 unspecified atom stereocenters. The molecule has 0 amide bonds. The maximum atomic E-state index is 8.10. The molecular weight excluding hydrogens is 208 g/mol. The number of hydrogen-bond acceptors (Lipinski definition) is 5. The van der Waals surface area contributed by atoms with Crippen LogP contribution in [0.25, 0.3) is 21.6 Å². The Kier molecular flexibility index (Phi) is 3.15. The van der Waals surface area contributed by atoms with Crippen LogP contribution < -0.4 is 5.32 Å². The number of nitrogens with zero attached hydrogens (tertiary/aromatic N) is 6. The minimum absolute atomic E-state index is 0.473. The van der Waals surface area contributed by atoms with Crippen LogP contribution in [-0.4, -0.2) is 33.0 Å². The molecular formula is C8H10N8. The Balaban J connectivity index is 1.98. The van der Waals surface area contributed by atoms with E-state index in [9.17, 15) is 0 Å². The van der Waals surface area contributed by atoms with Crippen LogP contribution in [0.3, 0.4) is 0 Å². The monoisotopic (exact) mass is 218 g/mol. The molecule has 0 spiro atoms. The van der Waals surface area contributed by atoms with Crippen molar-refractivity contribution >= 4 is 17.0 Å². The van der Waals surface area contributed by atoms with Gasteiger partial charge in [-0.2, -0.15) is 0 Å². The van der Waals surface area contributed by atoms with Crippen molar-refractivity contribution in [2.45, 2.75) is 6.42 Å². The summed E-state index contributed by atoms with van der Waals surface area (Å²) in [4.78, 5) is 17.8. The predicted molar refractivity (Wildman–Crippen MR) is 58.8 cm³/mol. The normalized spacial score (nSPS) is 10.0. The zero-order valence-electron chi connectivity index (χ0n) is 8.46. The highest BCUT2D eigenvalue weighted by molar-refractivity contribution is 5.81. The molecule has 2 N–H and O–H groups in total. The number of H-pyrrole nitrogens is 1. The minimum Gasteiger partial charge on any atom is -0.368 e. The highest BCUT2D eigenvalue weighted by Gasteiger charge is 2.03. The van der Waals surface area contributed by atoms with Gasteiger partial charge in [-0.3, -0.25) is 0 Å². The Morgan fingerprint density at radius 2 is 2.38 bits per heavy atom. The van der Waals surface area contributed by atoms with Gasteiger partial charge in [0.05, 0.1) is 6.33 Å². The summed E-state index contributed by atoms with van der Waals surface area (Å²) in [5.74, 6) is 0.712. The molecule has 0 radical (unpaired) electrons. The fourth-order valence-electron chi connectivity index (χ4n) is 1.30. The lowest BCUT2D eigenvalue weighted by Crippen LogP contribution is -2.05. The van der Waals surface area contributed by atoms with E-state index in [4.69, 9.17) is 5.53 Å². The summed E-state index contributed by atoms with van der Waals surface area (Å²) in [5.41, 5.74) is 9.52. The van der Waals surface area contributed by atoms with Crippen molar-refractivity contribution in [1.82, 2.24) is 19.9 Å². The summed E-state index contributed by atoms with van der Waals surface area (Å²) in [5, 5.41) is 6.57. The van der Waals surface area contributed by atoms with Gasteiger partial charge in [0.1, 0.15) is 11.8 Å². The van der Waals surface area contributed by atoms with Crippen LogP contribution in [0.5, 0.6) is 0 Å². The largest absolute Gasteiger partial charge is 0.368 e. The van der Waals surface area contributed by atoms with Crippen molar-refractivity contribution in [3.63, 3.8) is 0 Å². The van der Waals surface area contributed by atoms with E-state index >= 15 is 0 Å². The molecule has 16 heavy (non-hydrogen) atoms. The van der Waals surface area contributed by atoms with Crippen molar-refractivity contribution in [3.8, 4) is 0 Å². The standard InChI is InChI=1S/C8H10N8/c9-16-15-3-1-2-10-7-6-8(12-4-11-6)14-5-13-7/h4-5H,1-3H2,(H2,10,11,12,13,14). The van der Waals surface area contributed by atoms with Crippen molar-refractivity contribution in [1.29, 1.82) is 0 Å². The first-order valence-electron chi connectivity index (χ1n) is 4.80. The first kappa shape index (κ1) is 10.2. The van der Waals surface area contributed by atoms with Crippen LogP contribution in [0.2, 0.25) is 0 Å². The number of hydrogen-bond donors (Lipinski definition) is 2. The van der Waals surface area contributed by atoms with Crippen molar-refractivity contribution < 1.29 is 0 Å². The molecule has 2 heterocycles. The molecule has 0 aliphatic heterocycles. The number of rotatable bonds is 5. The SMILES string of the molecule is [N-]=[N+]=NCCCNc1ncnc2nc[nH]c12. The Morgan fingerprint density at radius 3 is 3.25 bits per heavy atom. The highest BCUT2D eigenvalue weighted by atomic mass is 15.1. The topological polar surface area (TPSA) is 115 Å². The summed E-state index contributed by atoms with van der Waals surface area (Å²) < 4.78 is 0. The van der Waals surface area contributed by atoms with E-state index in [0.29, 0.717) is 24.6 Å². The molecule has 0 aliphatic carbocycles. The zero-order valence-corrected chi connectivity index (χ0v) is 8.46. The van der Waals surface area contributed by atoms with Crippen molar-refractivity contribution in [2.75, 3.05) is 18.4 Å². The molecule has 2 aromatic rings. The first-order valence-corrected chi connectivity index (χ1v) is 4.80. The van der Waals surface area contributed by atoms with Gasteiger partial charge >= 0.3 is 0 Å². The van der Waals surface area contributed by atoms with Crippen molar-refractivity contribution in [3.05, 3.63) is 23.1 Å². The number of fused-ring (bicyclic) bond motifs is 1. The van der Waals surface area contributed by atoms with Gasteiger partial charge in [-0.1, -0.05) is 5.11 Å². The molecule has 0 saturated heterocycles. The maximum Gasteiger partial charge on any atom is 0.182 e. The van der Waals surface area contributed by atoms with Crippen molar-refractivity contribution in [2.24, 2.45) is 5.11 Å². The van der Waals surface area contributed by atoms with Crippen LogP contribution in [0.15, 0.2) is 17.8 Å². The number of aromatic nitrogens is 4. The number of anilines is 1. The number of imidazole rings is 1. The zero-order chi connectivity index (χ0) is 11.2. The Labute approximate surface area is 90.8 Å². The average Bonchev–Trinajstić information content (AvgIpc) is 2.77. The molecule has 0 aromatic carbocycles. The van der Waals surface area contributed by atoms with E-state index in [1.165, 1.54) is 6.33 Å². The molecule has 82 valence electrons. The quantitative estimate of drug-likeness (QED) is 0.342. The van der Waals surface area contributed by atoms with Crippen LogP contribution >= 0.6 is 0 Å². The third kappa shape index (κ3) is 2.18. The van der Waals surface area contributed by atoms with Gasteiger partial charge < -0.3 is 10.3 Å². The van der Waals surface area contributed by atoms with E-state index in [1.807, 2.05) is 0 Å². The number of nitrogens with one attached hydrogen (secondary N) is 2. The lowest BCUT2D eigenvalue weighted by atomic mass is 10.4. The van der Waals surface area contributed by atoms with E-state index in [0.717, 1.165) is 11.9 Å². The van der Waals surface area contributed by atoms with Gasteiger partial charge in [-0.15, -0.1) is 0 Å². The molecule has 2 aromatic heterocycles. The first-order chi connectivity index (χ1) is 7.92. The van der Waals surface area contributed by atoms with Crippen LogP contribution in [0.4, 0.5) is 5.82 Å². The van der Waals surface area contributed by atoms with Gasteiger partial charge in [0.25, 0.3) is 0 Å². The van der Waals surface area contributed by atoms with E-state index in [-0.39, 0.29) is 0 Å². The number of aromatic amines is 1. The van der Waals surface area contributed by atoms with Crippen LogP contribution in [-0.2, 0) is 0 Å². The molecule has 2 rings (SSSR count). The minimum atomic E-state index is 0.473. The second-order valence-electron chi connectivity index (χ2n) is 3.06. The summed E-state index contributed by atoms with van der Waals surface area (Å²) in [6.45, 7) is 1.16. The molecule has 0 atom stereocenters. The molecule has 8 heteroatoms. The average molecular weight is 218 g/mol. The molecule has 0 aliphatic rings. The summed E-state index contributed by atoms with van der Waals surface area (Å²) in [6, 6.07) is 0. The third-order valence-electron chi connectivity index (χ3n) is 2.01. The molecule has 8 nitrogen and oxygen atoms in total. The third-order valence-corrected chi connectivity index (χ3v) is 2.01. The molecule has 0 bridgehead atoms. The second-order valence-corrected chi connectivity index (χ2v) is 3.06. The summed E-state index contributed by atoms with van der Waals surface area (Å²) >= 11 is 0. The van der Waals surface area contributed by atoms with Gasteiger partial charge in [0.15, 0.2) is 11.5 Å². The maximum absolute atomic E-state index is 8.10. The van der Waals surface area contributed by atoms with Crippen LogP contribution in [0.1, 0.15) is 6.42 Å². The van der Waals surface area contributed by atoms with E-state index < -0.39 is 0 Å².